The number of hydrogen-bond acceptors (Lipinski definition) is 6. The van der Waals surface area contributed by atoms with Crippen molar-refractivity contribution in [1.29, 1.82) is 0 Å². The fraction of sp³-hybridized carbons (Fsp3) is 0.529. The maximum absolute atomic E-state index is 13.6. The molecule has 2 N–H and O–H groups in total. The fourth-order valence-electron chi connectivity index (χ4n) is 3.31. The van der Waals surface area contributed by atoms with E-state index in [2.05, 4.69) is 20.3 Å². The van der Waals surface area contributed by atoms with Gasteiger partial charge in [-0.1, -0.05) is 0 Å². The molecule has 1 aliphatic rings. The van der Waals surface area contributed by atoms with Crippen LogP contribution in [-0.2, 0) is 17.4 Å². The highest BCUT2D eigenvalue weighted by Gasteiger charge is 2.58. The van der Waals surface area contributed by atoms with Crippen molar-refractivity contribution in [3.8, 4) is 0 Å². The van der Waals surface area contributed by atoms with Crippen LogP contribution in [0.2, 0.25) is 0 Å². The van der Waals surface area contributed by atoms with Crippen LogP contribution in [0.25, 0.3) is 0 Å². The summed E-state index contributed by atoms with van der Waals surface area (Å²) in [5, 5.41) is 12.9. The molecule has 3 heterocycles. The average molecular weight is 398 g/mol. The first-order valence-corrected chi connectivity index (χ1v) is 8.79. The fourth-order valence-corrected chi connectivity index (χ4v) is 3.31. The second-order valence-corrected chi connectivity index (χ2v) is 6.80. The van der Waals surface area contributed by atoms with Crippen molar-refractivity contribution in [2.45, 2.75) is 37.1 Å². The Hall–Kier alpha value is -2.69. The number of piperidine rings is 1. The summed E-state index contributed by atoms with van der Waals surface area (Å²) < 4.78 is 41.7. The number of aryl methyl sites for hydroxylation is 1. The van der Waals surface area contributed by atoms with E-state index in [0.29, 0.717) is 25.5 Å². The SMILES string of the molecule is Cn1ccnc1C(O)(CC(=O)NC1CCCN(c2ncccn2)C1)C(F)(F)F. The minimum absolute atomic E-state index is 0.371. The molecule has 0 aliphatic carbocycles. The van der Waals surface area contributed by atoms with Crippen LogP contribution < -0.4 is 10.2 Å². The molecule has 3 rings (SSSR count). The number of rotatable bonds is 5. The van der Waals surface area contributed by atoms with Gasteiger partial charge in [-0.2, -0.15) is 13.2 Å². The lowest BCUT2D eigenvalue weighted by Gasteiger charge is -2.34. The van der Waals surface area contributed by atoms with Crippen LogP contribution in [0.5, 0.6) is 0 Å². The smallest absolute Gasteiger partial charge is 0.374 e. The molecule has 0 spiro atoms. The van der Waals surface area contributed by atoms with Crippen molar-refractivity contribution in [3.63, 3.8) is 0 Å². The highest BCUT2D eigenvalue weighted by molar-refractivity contribution is 5.77. The van der Waals surface area contributed by atoms with Crippen molar-refractivity contribution in [1.82, 2.24) is 24.8 Å². The number of aliphatic hydroxyl groups is 1. The number of alkyl halides is 3. The number of aromatic nitrogens is 4. The maximum Gasteiger partial charge on any atom is 0.425 e. The largest absolute Gasteiger partial charge is 0.425 e. The van der Waals surface area contributed by atoms with E-state index < -0.39 is 29.9 Å². The third kappa shape index (κ3) is 4.08. The number of amides is 1. The van der Waals surface area contributed by atoms with Crippen LogP contribution in [-0.4, -0.2) is 55.8 Å². The van der Waals surface area contributed by atoms with E-state index in [1.807, 2.05) is 4.90 Å². The molecule has 28 heavy (non-hydrogen) atoms. The number of anilines is 1. The average Bonchev–Trinajstić information content (AvgIpc) is 3.08. The zero-order valence-electron chi connectivity index (χ0n) is 15.2. The van der Waals surface area contributed by atoms with Crippen molar-refractivity contribution < 1.29 is 23.1 Å². The molecular formula is C17H21F3N6O2. The number of carbonyl (C=O) groups is 1. The third-order valence-corrected chi connectivity index (χ3v) is 4.70. The Morgan fingerprint density at radius 2 is 2.00 bits per heavy atom. The second-order valence-electron chi connectivity index (χ2n) is 6.80. The Morgan fingerprint density at radius 3 is 2.61 bits per heavy atom. The quantitative estimate of drug-likeness (QED) is 0.784. The number of imidazole rings is 1. The molecule has 2 aromatic heterocycles. The summed E-state index contributed by atoms with van der Waals surface area (Å²) >= 11 is 0. The number of nitrogens with zero attached hydrogens (tertiary/aromatic N) is 5. The molecule has 0 radical (unpaired) electrons. The Morgan fingerprint density at radius 1 is 1.29 bits per heavy atom. The molecule has 152 valence electrons. The topological polar surface area (TPSA) is 96.2 Å². The van der Waals surface area contributed by atoms with Crippen molar-refractivity contribution >= 4 is 11.9 Å². The van der Waals surface area contributed by atoms with Crippen LogP contribution in [0.3, 0.4) is 0 Å². The van der Waals surface area contributed by atoms with Gasteiger partial charge >= 0.3 is 6.18 Å². The number of hydrogen-bond donors (Lipinski definition) is 2. The lowest BCUT2D eigenvalue weighted by atomic mass is 9.96. The Kier molecular flexibility index (Phi) is 5.54. The summed E-state index contributed by atoms with van der Waals surface area (Å²) in [5.74, 6) is -1.02. The number of halogens is 3. The summed E-state index contributed by atoms with van der Waals surface area (Å²) in [5.41, 5.74) is -3.37. The molecule has 2 aromatic rings. The zero-order chi connectivity index (χ0) is 20.4. The van der Waals surface area contributed by atoms with Gasteiger partial charge in [-0.25, -0.2) is 15.0 Å². The van der Waals surface area contributed by atoms with E-state index >= 15 is 0 Å². The predicted molar refractivity (Wildman–Crippen MR) is 93.2 cm³/mol. The van der Waals surface area contributed by atoms with Crippen LogP contribution in [0.1, 0.15) is 25.1 Å². The molecule has 1 fully saturated rings. The predicted octanol–water partition coefficient (Wildman–Crippen LogP) is 1.14. The van der Waals surface area contributed by atoms with E-state index in [0.717, 1.165) is 17.2 Å². The molecule has 0 bridgehead atoms. The van der Waals surface area contributed by atoms with Gasteiger partial charge < -0.3 is 19.9 Å². The summed E-state index contributed by atoms with van der Waals surface area (Å²) in [4.78, 5) is 26.1. The second kappa shape index (κ2) is 7.74. The first-order valence-electron chi connectivity index (χ1n) is 8.79. The van der Waals surface area contributed by atoms with Gasteiger partial charge in [0.2, 0.25) is 17.5 Å². The molecule has 2 atom stereocenters. The van der Waals surface area contributed by atoms with Crippen molar-refractivity contribution in [2.24, 2.45) is 7.05 Å². The van der Waals surface area contributed by atoms with E-state index in [1.54, 1.807) is 18.5 Å². The molecule has 11 heteroatoms. The first-order chi connectivity index (χ1) is 13.2. The van der Waals surface area contributed by atoms with Crippen LogP contribution in [0.15, 0.2) is 30.9 Å². The van der Waals surface area contributed by atoms with Gasteiger partial charge in [0.1, 0.15) is 0 Å². The van der Waals surface area contributed by atoms with Gasteiger partial charge in [0.15, 0.2) is 5.82 Å². The monoisotopic (exact) mass is 398 g/mol. The third-order valence-electron chi connectivity index (χ3n) is 4.70. The Bertz CT molecular complexity index is 813. The van der Waals surface area contributed by atoms with Crippen LogP contribution in [0.4, 0.5) is 19.1 Å². The van der Waals surface area contributed by atoms with E-state index in [1.165, 1.54) is 13.2 Å². The molecule has 1 saturated heterocycles. The minimum atomic E-state index is -5.06. The molecule has 0 aromatic carbocycles. The van der Waals surface area contributed by atoms with E-state index in [9.17, 15) is 23.1 Å². The van der Waals surface area contributed by atoms with Crippen LogP contribution >= 0.6 is 0 Å². The molecule has 8 nitrogen and oxygen atoms in total. The molecule has 1 amide bonds. The van der Waals surface area contributed by atoms with Gasteiger partial charge in [-0.15, -0.1) is 0 Å². The number of carbonyl (C=O) groups excluding carboxylic acids is 1. The Balaban J connectivity index is 1.69. The van der Waals surface area contributed by atoms with E-state index in [-0.39, 0.29) is 6.04 Å². The number of nitrogens with one attached hydrogen (secondary N) is 1. The normalized spacial score (nSPS) is 19.9. The van der Waals surface area contributed by atoms with E-state index in [4.69, 9.17) is 0 Å². The highest BCUT2D eigenvalue weighted by Crippen LogP contribution is 2.40. The van der Waals surface area contributed by atoms with Gasteiger partial charge in [0.05, 0.1) is 6.42 Å². The lowest BCUT2D eigenvalue weighted by molar-refractivity contribution is -0.271. The minimum Gasteiger partial charge on any atom is -0.374 e. The molecule has 0 saturated carbocycles. The highest BCUT2D eigenvalue weighted by atomic mass is 19.4. The summed E-state index contributed by atoms with van der Waals surface area (Å²) in [6, 6.07) is 1.31. The summed E-state index contributed by atoms with van der Waals surface area (Å²) in [6.07, 6.45) is 0.737. The zero-order valence-corrected chi connectivity index (χ0v) is 15.2. The maximum atomic E-state index is 13.6. The summed E-state index contributed by atoms with van der Waals surface area (Å²) in [7, 11) is 1.33. The summed E-state index contributed by atoms with van der Waals surface area (Å²) in [6.45, 7) is 1.07. The van der Waals surface area contributed by atoms with Gasteiger partial charge in [0, 0.05) is 51.0 Å². The van der Waals surface area contributed by atoms with Crippen LogP contribution in [0, 0.1) is 0 Å². The Labute approximate surface area is 159 Å². The van der Waals surface area contributed by atoms with Gasteiger partial charge in [-0.05, 0) is 18.9 Å². The van der Waals surface area contributed by atoms with Crippen molar-refractivity contribution in [3.05, 3.63) is 36.7 Å². The standard InChI is InChI=1S/C17H21F3N6O2/c1-25-9-7-21-14(25)16(28,17(18,19)20)10-13(27)24-12-4-2-8-26(11-12)15-22-5-3-6-23-15/h3,5-7,9,12,28H,2,4,8,10-11H2,1H3,(H,24,27). The molecular weight excluding hydrogens is 377 g/mol. The van der Waals surface area contributed by atoms with Gasteiger partial charge in [-0.3, -0.25) is 4.79 Å². The van der Waals surface area contributed by atoms with Gasteiger partial charge in [0.25, 0.3) is 0 Å². The van der Waals surface area contributed by atoms with Crippen molar-refractivity contribution in [2.75, 3.05) is 18.0 Å². The molecule has 1 aliphatic heterocycles. The first kappa shape index (κ1) is 20.1. The molecule has 2 unspecified atom stereocenters. The lowest BCUT2D eigenvalue weighted by Crippen LogP contribution is -2.52.